The molecule has 3 aromatic rings. The Morgan fingerprint density at radius 2 is 1.90 bits per heavy atom. The number of ether oxygens (including phenoxy) is 1. The average molecular weight is 422 g/mol. The topological polar surface area (TPSA) is 99.3 Å². The Balaban J connectivity index is 2.15. The summed E-state index contributed by atoms with van der Waals surface area (Å²) in [5.41, 5.74) is 3.22. The number of nitro groups is 1. The van der Waals surface area contributed by atoms with Crippen LogP contribution in [0.3, 0.4) is 0 Å². The Morgan fingerprint density at radius 3 is 2.58 bits per heavy atom. The molecule has 8 nitrogen and oxygen atoms in total. The summed E-state index contributed by atoms with van der Waals surface area (Å²) in [5, 5.41) is 18.9. The third kappa shape index (κ3) is 4.74. The van der Waals surface area contributed by atoms with Crippen molar-refractivity contribution >= 4 is 11.6 Å². The summed E-state index contributed by atoms with van der Waals surface area (Å²) in [6.45, 7) is 10.1. The lowest BCUT2D eigenvalue weighted by Gasteiger charge is -2.12. The Labute approximate surface area is 181 Å². The molecule has 2 aromatic carbocycles. The Hall–Kier alpha value is -3.68. The van der Waals surface area contributed by atoms with Crippen molar-refractivity contribution in [3.8, 4) is 17.3 Å². The second-order valence-corrected chi connectivity index (χ2v) is 7.91. The number of aromatic nitrogens is 2. The van der Waals surface area contributed by atoms with Crippen molar-refractivity contribution in [2.45, 2.75) is 34.6 Å². The predicted molar refractivity (Wildman–Crippen MR) is 118 cm³/mol. The SMILES string of the molecule is Cc1ccc(C)c(-n2nc(C(=O)NCC(C)C)c(C)c2Oc2ccccc2[N+](=O)[O-])c1. The van der Waals surface area contributed by atoms with Crippen LogP contribution in [0.15, 0.2) is 42.5 Å². The van der Waals surface area contributed by atoms with Gasteiger partial charge in [-0.2, -0.15) is 9.78 Å². The zero-order valence-corrected chi connectivity index (χ0v) is 18.3. The van der Waals surface area contributed by atoms with Crippen molar-refractivity contribution in [2.75, 3.05) is 6.54 Å². The number of nitrogens with one attached hydrogen (secondary N) is 1. The van der Waals surface area contributed by atoms with E-state index in [1.54, 1.807) is 23.7 Å². The predicted octanol–water partition coefficient (Wildman–Crippen LogP) is 4.88. The van der Waals surface area contributed by atoms with E-state index in [4.69, 9.17) is 4.74 Å². The first kappa shape index (κ1) is 22.0. The van der Waals surface area contributed by atoms with Gasteiger partial charge in [-0.15, -0.1) is 0 Å². The molecule has 0 aliphatic rings. The summed E-state index contributed by atoms with van der Waals surface area (Å²) >= 11 is 0. The largest absolute Gasteiger partial charge is 0.431 e. The van der Waals surface area contributed by atoms with Crippen molar-refractivity contribution in [1.82, 2.24) is 15.1 Å². The first-order chi connectivity index (χ1) is 14.7. The van der Waals surface area contributed by atoms with Gasteiger partial charge in [0.05, 0.1) is 10.6 Å². The minimum absolute atomic E-state index is 0.0798. The highest BCUT2D eigenvalue weighted by atomic mass is 16.6. The Morgan fingerprint density at radius 1 is 1.19 bits per heavy atom. The molecule has 1 heterocycles. The summed E-state index contributed by atoms with van der Waals surface area (Å²) in [4.78, 5) is 23.7. The maximum atomic E-state index is 12.8. The van der Waals surface area contributed by atoms with Crippen LogP contribution in [-0.4, -0.2) is 27.2 Å². The van der Waals surface area contributed by atoms with Gasteiger partial charge in [-0.3, -0.25) is 14.9 Å². The molecule has 0 bridgehead atoms. The van der Waals surface area contributed by atoms with Crippen LogP contribution in [0.4, 0.5) is 5.69 Å². The monoisotopic (exact) mass is 422 g/mol. The third-order valence-corrected chi connectivity index (χ3v) is 4.82. The van der Waals surface area contributed by atoms with Gasteiger partial charge in [0.15, 0.2) is 5.69 Å². The zero-order valence-electron chi connectivity index (χ0n) is 18.3. The highest BCUT2D eigenvalue weighted by molar-refractivity contribution is 5.94. The van der Waals surface area contributed by atoms with Crippen molar-refractivity contribution in [3.63, 3.8) is 0 Å². The molecule has 0 atom stereocenters. The quantitative estimate of drug-likeness (QED) is 0.432. The molecule has 8 heteroatoms. The normalized spacial score (nSPS) is 10.9. The number of hydrogen-bond donors (Lipinski definition) is 1. The molecule has 0 aliphatic carbocycles. The van der Waals surface area contributed by atoms with Crippen molar-refractivity contribution in [2.24, 2.45) is 5.92 Å². The lowest BCUT2D eigenvalue weighted by atomic mass is 10.1. The molecule has 0 spiro atoms. The number of para-hydroxylation sites is 2. The van der Waals surface area contributed by atoms with E-state index in [-0.39, 0.29) is 34.8 Å². The minimum Gasteiger partial charge on any atom is -0.431 e. The van der Waals surface area contributed by atoms with Crippen LogP contribution in [-0.2, 0) is 0 Å². The van der Waals surface area contributed by atoms with Crippen molar-refractivity contribution in [3.05, 3.63) is 75.0 Å². The Bertz CT molecular complexity index is 1130. The number of carbonyl (C=O) groups excluding carboxylic acids is 1. The third-order valence-electron chi connectivity index (χ3n) is 4.82. The van der Waals surface area contributed by atoms with Crippen LogP contribution in [0.25, 0.3) is 5.69 Å². The molecule has 31 heavy (non-hydrogen) atoms. The fourth-order valence-electron chi connectivity index (χ4n) is 3.11. The number of amides is 1. The second kappa shape index (κ2) is 8.99. The smallest absolute Gasteiger partial charge is 0.311 e. The van der Waals surface area contributed by atoms with Crippen LogP contribution in [0.1, 0.15) is 41.0 Å². The number of rotatable bonds is 7. The number of hydrogen-bond acceptors (Lipinski definition) is 5. The van der Waals surface area contributed by atoms with E-state index in [2.05, 4.69) is 10.4 Å². The lowest BCUT2D eigenvalue weighted by Crippen LogP contribution is -2.28. The molecule has 3 rings (SSSR count). The summed E-state index contributed by atoms with van der Waals surface area (Å²) in [7, 11) is 0. The molecule has 0 saturated heterocycles. The summed E-state index contributed by atoms with van der Waals surface area (Å²) in [5.74, 6) is 0.310. The average Bonchev–Trinajstić information content (AvgIpc) is 3.04. The molecule has 162 valence electrons. The lowest BCUT2D eigenvalue weighted by molar-refractivity contribution is -0.385. The van der Waals surface area contributed by atoms with Gasteiger partial charge < -0.3 is 10.1 Å². The number of carbonyl (C=O) groups is 1. The minimum atomic E-state index is -0.500. The molecule has 0 aliphatic heterocycles. The number of benzene rings is 2. The van der Waals surface area contributed by atoms with E-state index in [1.807, 2.05) is 45.9 Å². The molecule has 1 aromatic heterocycles. The van der Waals surface area contributed by atoms with Gasteiger partial charge in [-0.1, -0.05) is 38.1 Å². The molecule has 0 saturated carbocycles. The highest BCUT2D eigenvalue weighted by Gasteiger charge is 2.25. The van der Waals surface area contributed by atoms with Gasteiger partial charge in [-0.25, -0.2) is 0 Å². The Kier molecular flexibility index (Phi) is 6.39. The van der Waals surface area contributed by atoms with Crippen LogP contribution in [0.2, 0.25) is 0 Å². The highest BCUT2D eigenvalue weighted by Crippen LogP contribution is 2.35. The van der Waals surface area contributed by atoms with Gasteiger partial charge in [0.2, 0.25) is 11.6 Å². The van der Waals surface area contributed by atoms with E-state index >= 15 is 0 Å². The molecule has 1 N–H and O–H groups in total. The van der Waals surface area contributed by atoms with E-state index in [9.17, 15) is 14.9 Å². The fourth-order valence-corrected chi connectivity index (χ4v) is 3.11. The maximum Gasteiger partial charge on any atom is 0.311 e. The molecule has 0 radical (unpaired) electrons. The zero-order chi connectivity index (χ0) is 22.7. The van der Waals surface area contributed by atoms with E-state index in [0.29, 0.717) is 12.1 Å². The first-order valence-electron chi connectivity index (χ1n) is 10.1. The number of nitro benzene ring substituents is 1. The van der Waals surface area contributed by atoms with E-state index < -0.39 is 4.92 Å². The summed E-state index contributed by atoms with van der Waals surface area (Å²) < 4.78 is 7.56. The van der Waals surface area contributed by atoms with Crippen molar-refractivity contribution in [1.29, 1.82) is 0 Å². The van der Waals surface area contributed by atoms with Gasteiger partial charge in [0.1, 0.15) is 0 Å². The molecule has 0 fully saturated rings. The maximum absolute atomic E-state index is 12.8. The van der Waals surface area contributed by atoms with Crippen LogP contribution in [0, 0.1) is 36.8 Å². The van der Waals surface area contributed by atoms with E-state index in [0.717, 1.165) is 16.8 Å². The number of aryl methyl sites for hydroxylation is 2. The molecule has 1 amide bonds. The standard InChI is InChI=1S/C23H26N4O4/c1-14(2)13-24-22(28)21-17(5)23(31-20-9-7-6-8-18(20)27(29)30)26(25-21)19-12-15(3)10-11-16(19)4/h6-12,14H,13H2,1-5H3,(H,24,28). The van der Waals surface area contributed by atoms with Crippen LogP contribution in [0.5, 0.6) is 11.6 Å². The van der Waals surface area contributed by atoms with Gasteiger partial charge >= 0.3 is 5.69 Å². The van der Waals surface area contributed by atoms with Crippen LogP contribution < -0.4 is 10.1 Å². The van der Waals surface area contributed by atoms with Crippen molar-refractivity contribution < 1.29 is 14.5 Å². The first-order valence-corrected chi connectivity index (χ1v) is 10.1. The molecular formula is C23H26N4O4. The summed E-state index contributed by atoms with van der Waals surface area (Å²) in [6.07, 6.45) is 0. The van der Waals surface area contributed by atoms with Crippen LogP contribution >= 0.6 is 0 Å². The number of nitrogens with zero attached hydrogens (tertiary/aromatic N) is 3. The van der Waals surface area contributed by atoms with Gasteiger partial charge in [0.25, 0.3) is 5.91 Å². The van der Waals surface area contributed by atoms with Gasteiger partial charge in [0, 0.05) is 18.2 Å². The van der Waals surface area contributed by atoms with Gasteiger partial charge in [-0.05, 0) is 49.9 Å². The van der Waals surface area contributed by atoms with E-state index in [1.165, 1.54) is 12.1 Å². The molecule has 0 unspecified atom stereocenters. The summed E-state index contributed by atoms with van der Waals surface area (Å²) in [6, 6.07) is 12.0. The molecular weight excluding hydrogens is 396 g/mol. The fraction of sp³-hybridized carbons (Fsp3) is 0.304. The second-order valence-electron chi connectivity index (χ2n) is 7.91.